The lowest BCUT2D eigenvalue weighted by atomic mass is 10.2. The second-order valence-corrected chi connectivity index (χ2v) is 11.6. The number of pyridine rings is 1. The first kappa shape index (κ1) is 27.5. The van der Waals surface area contributed by atoms with Gasteiger partial charge in [-0.2, -0.15) is 0 Å². The van der Waals surface area contributed by atoms with E-state index in [1.165, 1.54) is 39.9 Å². The highest BCUT2D eigenvalue weighted by Crippen LogP contribution is 2.40. The molecule has 0 aliphatic carbocycles. The number of hydrogen-bond donors (Lipinski definition) is 0. The van der Waals surface area contributed by atoms with Gasteiger partial charge in [-0.1, -0.05) is 30.7 Å². The molecule has 0 fully saturated rings. The summed E-state index contributed by atoms with van der Waals surface area (Å²) in [7, 11) is 1.06. The van der Waals surface area contributed by atoms with E-state index in [1.807, 2.05) is 13.0 Å². The van der Waals surface area contributed by atoms with Gasteiger partial charge in [0.25, 0.3) is 5.91 Å². The molecule has 0 aliphatic rings. The van der Waals surface area contributed by atoms with Crippen molar-refractivity contribution in [2.75, 3.05) is 32.7 Å². The number of carbonyl (C=O) groups is 1. The van der Waals surface area contributed by atoms with Crippen LogP contribution in [0.25, 0.3) is 10.2 Å². The number of benzene rings is 2. The number of ether oxygens (including phenoxy) is 2. The molecule has 0 saturated heterocycles. The number of sulfonamides is 1. The normalized spacial score (nSPS) is 11.6. The lowest BCUT2D eigenvalue weighted by Crippen LogP contribution is -2.31. The van der Waals surface area contributed by atoms with Crippen LogP contribution in [0.4, 0.5) is 5.13 Å². The number of nitrogens with zero attached hydrogens (tertiary/aromatic N) is 4. The van der Waals surface area contributed by atoms with Gasteiger partial charge in [0.1, 0.15) is 21.7 Å². The largest absolute Gasteiger partial charge is 0.495 e. The minimum absolute atomic E-state index is 0.140. The van der Waals surface area contributed by atoms with Gasteiger partial charge in [0, 0.05) is 31.5 Å². The maximum Gasteiger partial charge on any atom is 0.260 e. The number of amides is 1. The Morgan fingerprint density at radius 3 is 2.37 bits per heavy atom. The van der Waals surface area contributed by atoms with E-state index < -0.39 is 10.0 Å². The minimum Gasteiger partial charge on any atom is -0.495 e. The van der Waals surface area contributed by atoms with Gasteiger partial charge in [-0.3, -0.25) is 14.7 Å². The highest BCUT2D eigenvalue weighted by atomic mass is 32.2. The SMILES string of the molecule is CCCCN(C)S(=O)(=O)c1ccc(C(=O)N(Cc2cccnc2)c2nc3c(OC)ccc(OC)c3s2)cc1. The molecule has 0 bridgehead atoms. The molecule has 200 valence electrons. The number of fused-ring (bicyclic) bond motifs is 1. The van der Waals surface area contributed by atoms with E-state index in [1.54, 1.807) is 56.8 Å². The Kier molecular flexibility index (Phi) is 8.60. The summed E-state index contributed by atoms with van der Waals surface area (Å²) in [5.41, 5.74) is 1.74. The maximum atomic E-state index is 13.8. The van der Waals surface area contributed by atoms with E-state index in [-0.39, 0.29) is 17.3 Å². The molecule has 4 rings (SSSR count). The Labute approximate surface area is 226 Å². The zero-order chi connectivity index (χ0) is 27.3. The summed E-state index contributed by atoms with van der Waals surface area (Å²) < 4.78 is 38.9. The molecule has 0 spiro atoms. The predicted molar refractivity (Wildman–Crippen MR) is 149 cm³/mol. The van der Waals surface area contributed by atoms with Crippen molar-refractivity contribution in [2.24, 2.45) is 0 Å². The standard InChI is InChI=1S/C27H30N4O5S2/c1-5-6-16-30(2)38(33,34)21-11-9-20(10-12-21)26(32)31(18-19-8-7-15-28-17-19)27-29-24-22(35-3)13-14-23(36-4)25(24)37-27/h7-15,17H,5-6,16,18H2,1-4H3. The van der Waals surface area contributed by atoms with Gasteiger partial charge in [-0.25, -0.2) is 17.7 Å². The van der Waals surface area contributed by atoms with E-state index in [4.69, 9.17) is 14.5 Å². The molecule has 1 amide bonds. The fourth-order valence-corrected chi connectivity index (χ4v) is 6.18. The fourth-order valence-electron chi connectivity index (χ4n) is 3.90. The molecule has 4 aromatic rings. The number of rotatable bonds is 11. The zero-order valence-electron chi connectivity index (χ0n) is 21.7. The Bertz CT molecular complexity index is 1470. The van der Waals surface area contributed by atoms with Crippen LogP contribution < -0.4 is 14.4 Å². The van der Waals surface area contributed by atoms with E-state index in [9.17, 15) is 13.2 Å². The first-order valence-corrected chi connectivity index (χ1v) is 14.3. The topological polar surface area (TPSA) is 102 Å². The van der Waals surface area contributed by atoms with Crippen LogP contribution in [0.15, 0.2) is 65.8 Å². The van der Waals surface area contributed by atoms with Gasteiger partial charge < -0.3 is 9.47 Å². The molecule has 0 N–H and O–H groups in total. The second-order valence-electron chi connectivity index (χ2n) is 8.60. The summed E-state index contributed by atoms with van der Waals surface area (Å²) >= 11 is 1.31. The van der Waals surface area contributed by atoms with Crippen molar-refractivity contribution < 1.29 is 22.7 Å². The molecular formula is C27H30N4O5S2. The van der Waals surface area contributed by atoms with Crippen LogP contribution in [0, 0.1) is 0 Å². The van der Waals surface area contributed by atoms with Crippen LogP contribution in [-0.4, -0.2) is 56.4 Å². The van der Waals surface area contributed by atoms with Crippen LogP contribution in [0.2, 0.25) is 0 Å². The summed E-state index contributed by atoms with van der Waals surface area (Å²) in [5, 5.41) is 0.452. The Balaban J connectivity index is 1.72. The monoisotopic (exact) mass is 554 g/mol. The van der Waals surface area contributed by atoms with Crippen LogP contribution in [-0.2, 0) is 16.6 Å². The predicted octanol–water partition coefficient (Wildman–Crippen LogP) is 4.98. The Morgan fingerprint density at radius 2 is 1.74 bits per heavy atom. The summed E-state index contributed by atoms with van der Waals surface area (Å²) in [6, 6.07) is 13.3. The molecule has 0 unspecified atom stereocenters. The van der Waals surface area contributed by atoms with Gasteiger partial charge in [0.15, 0.2) is 5.13 Å². The number of unbranched alkanes of at least 4 members (excludes halogenated alkanes) is 1. The van der Waals surface area contributed by atoms with Gasteiger partial charge in [-0.15, -0.1) is 0 Å². The quantitative estimate of drug-likeness (QED) is 0.258. The van der Waals surface area contributed by atoms with E-state index in [0.29, 0.717) is 34.3 Å². The van der Waals surface area contributed by atoms with Crippen molar-refractivity contribution in [1.82, 2.24) is 14.3 Å². The third kappa shape index (κ3) is 5.64. The Morgan fingerprint density at radius 1 is 1.03 bits per heavy atom. The van der Waals surface area contributed by atoms with Gasteiger partial charge in [0.05, 0.1) is 25.7 Å². The van der Waals surface area contributed by atoms with Crippen LogP contribution in [0.1, 0.15) is 35.7 Å². The maximum absolute atomic E-state index is 13.8. The molecule has 2 aromatic heterocycles. The lowest BCUT2D eigenvalue weighted by Gasteiger charge is -2.20. The summed E-state index contributed by atoms with van der Waals surface area (Å²) in [5.74, 6) is 0.869. The molecule has 9 nitrogen and oxygen atoms in total. The number of anilines is 1. The van der Waals surface area contributed by atoms with Crippen molar-refractivity contribution in [3.63, 3.8) is 0 Å². The van der Waals surface area contributed by atoms with Crippen molar-refractivity contribution in [1.29, 1.82) is 0 Å². The van der Waals surface area contributed by atoms with E-state index in [0.717, 1.165) is 23.1 Å². The van der Waals surface area contributed by atoms with Gasteiger partial charge in [-0.05, 0) is 54.4 Å². The second kappa shape index (κ2) is 11.9. The number of methoxy groups -OCH3 is 2. The van der Waals surface area contributed by atoms with Crippen LogP contribution in [0.3, 0.4) is 0 Å². The summed E-state index contributed by atoms with van der Waals surface area (Å²) in [6.07, 6.45) is 5.02. The van der Waals surface area contributed by atoms with Crippen LogP contribution >= 0.6 is 11.3 Å². The highest BCUT2D eigenvalue weighted by molar-refractivity contribution is 7.89. The molecule has 2 heterocycles. The third-order valence-electron chi connectivity index (χ3n) is 6.07. The summed E-state index contributed by atoms with van der Waals surface area (Å²) in [6.45, 7) is 2.66. The molecule has 0 saturated carbocycles. The average Bonchev–Trinajstić information content (AvgIpc) is 3.39. The van der Waals surface area contributed by atoms with E-state index >= 15 is 0 Å². The Hall–Kier alpha value is -3.54. The smallest absolute Gasteiger partial charge is 0.260 e. The van der Waals surface area contributed by atoms with Crippen LogP contribution in [0.5, 0.6) is 11.5 Å². The number of thiazole rings is 1. The van der Waals surface area contributed by atoms with E-state index in [2.05, 4.69) is 4.98 Å². The number of carbonyl (C=O) groups excluding carboxylic acids is 1. The van der Waals surface area contributed by atoms with Gasteiger partial charge in [0.2, 0.25) is 10.0 Å². The molecule has 0 aliphatic heterocycles. The molecule has 0 radical (unpaired) electrons. The van der Waals surface area contributed by atoms with Crippen molar-refractivity contribution in [3.8, 4) is 11.5 Å². The zero-order valence-corrected chi connectivity index (χ0v) is 23.4. The first-order valence-electron chi connectivity index (χ1n) is 12.1. The molecule has 0 atom stereocenters. The number of hydrogen-bond acceptors (Lipinski definition) is 8. The number of aromatic nitrogens is 2. The molecule has 38 heavy (non-hydrogen) atoms. The summed E-state index contributed by atoms with van der Waals surface area (Å²) in [4.78, 5) is 24.4. The molecule has 2 aromatic carbocycles. The molecular weight excluding hydrogens is 524 g/mol. The average molecular weight is 555 g/mol. The first-order chi connectivity index (χ1) is 18.3. The van der Waals surface area contributed by atoms with Crippen molar-refractivity contribution in [3.05, 3.63) is 72.1 Å². The lowest BCUT2D eigenvalue weighted by molar-refractivity contribution is 0.0985. The van der Waals surface area contributed by atoms with Crippen molar-refractivity contribution >= 4 is 42.6 Å². The van der Waals surface area contributed by atoms with Crippen molar-refractivity contribution in [2.45, 2.75) is 31.2 Å². The highest BCUT2D eigenvalue weighted by Gasteiger charge is 2.26. The fraction of sp³-hybridized carbons (Fsp3) is 0.296. The molecule has 11 heteroatoms. The third-order valence-corrected chi connectivity index (χ3v) is 9.04. The minimum atomic E-state index is -3.65. The van der Waals surface area contributed by atoms with Gasteiger partial charge >= 0.3 is 0 Å².